The second-order valence-electron chi connectivity index (χ2n) is 9.69. The van der Waals surface area contributed by atoms with Crippen LogP contribution in [0.1, 0.15) is 42.4 Å². The van der Waals surface area contributed by atoms with E-state index < -0.39 is 5.54 Å². The fraction of sp³-hybridized carbons (Fsp3) is 0.370. The molecule has 34 heavy (non-hydrogen) atoms. The lowest BCUT2D eigenvalue weighted by atomic mass is 9.61. The molecule has 2 aromatic carbocycles. The van der Waals surface area contributed by atoms with E-state index in [2.05, 4.69) is 23.2 Å². The third-order valence-corrected chi connectivity index (χ3v) is 8.86. The maximum Gasteiger partial charge on any atom is 0.262 e. The molecule has 1 aromatic heterocycles. The number of methoxy groups -OCH3 is 1. The summed E-state index contributed by atoms with van der Waals surface area (Å²) in [5.41, 5.74) is 11.4. The van der Waals surface area contributed by atoms with Crippen LogP contribution < -0.4 is 5.73 Å². The summed E-state index contributed by atoms with van der Waals surface area (Å²) < 4.78 is 5.68. The number of benzene rings is 2. The van der Waals surface area contributed by atoms with Gasteiger partial charge >= 0.3 is 0 Å². The van der Waals surface area contributed by atoms with Gasteiger partial charge in [-0.3, -0.25) is 14.7 Å². The Morgan fingerprint density at radius 2 is 1.97 bits per heavy atom. The summed E-state index contributed by atoms with van der Waals surface area (Å²) in [5.74, 6) is 0.322. The van der Waals surface area contributed by atoms with Crippen LogP contribution in [0.5, 0.6) is 0 Å². The van der Waals surface area contributed by atoms with Crippen molar-refractivity contribution < 1.29 is 9.53 Å². The maximum absolute atomic E-state index is 14.4. The molecule has 1 amide bonds. The fourth-order valence-electron chi connectivity index (χ4n) is 6.29. The number of nitrogens with zero attached hydrogens (tertiary/aromatic N) is 3. The summed E-state index contributed by atoms with van der Waals surface area (Å²) >= 11 is 1.60. The molecule has 6 nitrogen and oxygen atoms in total. The smallest absolute Gasteiger partial charge is 0.262 e. The fourth-order valence-corrected chi connectivity index (χ4v) is 6.91. The summed E-state index contributed by atoms with van der Waals surface area (Å²) in [6.45, 7) is 0.428. The Labute approximate surface area is 203 Å². The Balaban J connectivity index is 1.47. The molecule has 2 heterocycles. The van der Waals surface area contributed by atoms with Crippen molar-refractivity contribution in [3.63, 3.8) is 0 Å². The highest BCUT2D eigenvalue weighted by atomic mass is 32.1. The maximum atomic E-state index is 14.4. The van der Waals surface area contributed by atoms with E-state index in [9.17, 15) is 4.79 Å². The molecule has 2 aliphatic carbocycles. The Kier molecular flexibility index (Phi) is 5.08. The lowest BCUT2D eigenvalue weighted by Gasteiger charge is -2.45. The van der Waals surface area contributed by atoms with Gasteiger partial charge in [-0.2, -0.15) is 0 Å². The van der Waals surface area contributed by atoms with Crippen LogP contribution in [0.15, 0.2) is 65.2 Å². The molecule has 1 fully saturated rings. The Hall–Kier alpha value is -3.03. The molecule has 1 saturated carbocycles. The van der Waals surface area contributed by atoms with Gasteiger partial charge in [0.1, 0.15) is 0 Å². The van der Waals surface area contributed by atoms with Crippen molar-refractivity contribution in [3.8, 4) is 10.4 Å². The number of amides is 1. The average Bonchev–Trinajstić information content (AvgIpc) is 3.55. The number of rotatable bonds is 4. The number of nitrogens with two attached hydrogens (primary N) is 1. The zero-order valence-corrected chi connectivity index (χ0v) is 20.1. The van der Waals surface area contributed by atoms with E-state index in [0.29, 0.717) is 12.5 Å². The van der Waals surface area contributed by atoms with Crippen molar-refractivity contribution in [1.82, 2.24) is 9.88 Å². The number of thiazole rings is 1. The summed E-state index contributed by atoms with van der Waals surface area (Å²) in [4.78, 5) is 26.5. The number of guanidine groups is 1. The van der Waals surface area contributed by atoms with Gasteiger partial charge in [-0.05, 0) is 60.4 Å². The second kappa shape index (κ2) is 8.03. The third kappa shape index (κ3) is 3.07. The highest BCUT2D eigenvalue weighted by Crippen LogP contribution is 2.62. The van der Waals surface area contributed by atoms with Crippen LogP contribution >= 0.6 is 11.3 Å². The molecule has 0 bridgehead atoms. The molecule has 3 aliphatic rings. The van der Waals surface area contributed by atoms with Crippen molar-refractivity contribution in [1.29, 1.82) is 0 Å². The molecule has 3 aromatic rings. The first-order valence-electron chi connectivity index (χ1n) is 11.8. The Bertz CT molecular complexity index is 1250. The monoisotopic (exact) mass is 472 g/mol. The largest absolute Gasteiger partial charge is 0.381 e. The van der Waals surface area contributed by atoms with Crippen LogP contribution in [0, 0.1) is 5.41 Å². The molecular formula is C27H28N4O2S. The van der Waals surface area contributed by atoms with Gasteiger partial charge in [0.25, 0.3) is 5.91 Å². The van der Waals surface area contributed by atoms with E-state index in [0.717, 1.165) is 53.7 Å². The summed E-state index contributed by atoms with van der Waals surface area (Å²) in [7, 11) is 1.78. The molecule has 1 aliphatic heterocycles. The first kappa shape index (κ1) is 21.5. The van der Waals surface area contributed by atoms with Gasteiger partial charge in [0.2, 0.25) is 0 Å². The minimum Gasteiger partial charge on any atom is -0.381 e. The predicted octanol–water partition coefficient (Wildman–Crippen LogP) is 4.49. The number of carbonyl (C=O) groups excluding carboxylic acids is 1. The zero-order valence-electron chi connectivity index (χ0n) is 19.2. The molecule has 6 rings (SSSR count). The lowest BCUT2D eigenvalue weighted by Crippen LogP contribution is -2.52. The molecular weight excluding hydrogens is 444 g/mol. The quantitative estimate of drug-likeness (QED) is 0.607. The van der Waals surface area contributed by atoms with Gasteiger partial charge in [0.15, 0.2) is 11.5 Å². The predicted molar refractivity (Wildman–Crippen MR) is 133 cm³/mol. The molecule has 0 saturated heterocycles. The molecule has 1 atom stereocenters. The lowest BCUT2D eigenvalue weighted by molar-refractivity contribution is -0.138. The number of carbonyl (C=O) groups is 1. The first-order chi connectivity index (χ1) is 16.6. The van der Waals surface area contributed by atoms with Gasteiger partial charge in [-0.1, -0.05) is 42.5 Å². The van der Waals surface area contributed by atoms with E-state index in [1.807, 2.05) is 42.0 Å². The van der Waals surface area contributed by atoms with Crippen LogP contribution in [-0.2, 0) is 28.0 Å². The summed E-state index contributed by atoms with van der Waals surface area (Å²) in [6, 6.07) is 16.5. The van der Waals surface area contributed by atoms with E-state index in [1.54, 1.807) is 23.3 Å². The number of fused-ring (bicyclic) bond motifs is 3. The molecule has 2 spiro atoms. The highest BCUT2D eigenvalue weighted by Gasteiger charge is 2.66. The van der Waals surface area contributed by atoms with Crippen LogP contribution in [0.4, 0.5) is 0 Å². The van der Waals surface area contributed by atoms with Gasteiger partial charge in [0, 0.05) is 18.7 Å². The minimum atomic E-state index is -0.986. The van der Waals surface area contributed by atoms with Crippen molar-refractivity contribution in [3.05, 3.63) is 76.9 Å². The summed E-state index contributed by atoms with van der Waals surface area (Å²) in [6.07, 6.45) is 6.57. The third-order valence-electron chi connectivity index (χ3n) is 8.03. The van der Waals surface area contributed by atoms with Gasteiger partial charge in [-0.15, -0.1) is 11.3 Å². The van der Waals surface area contributed by atoms with Gasteiger partial charge < -0.3 is 10.5 Å². The van der Waals surface area contributed by atoms with Crippen molar-refractivity contribution in [2.24, 2.45) is 16.1 Å². The van der Waals surface area contributed by atoms with E-state index in [-0.39, 0.29) is 17.4 Å². The van der Waals surface area contributed by atoms with Gasteiger partial charge in [-0.25, -0.2) is 4.99 Å². The second-order valence-corrected chi connectivity index (χ2v) is 10.6. The van der Waals surface area contributed by atoms with E-state index in [1.165, 1.54) is 5.56 Å². The van der Waals surface area contributed by atoms with Crippen molar-refractivity contribution in [2.45, 2.75) is 50.3 Å². The Morgan fingerprint density at radius 1 is 1.18 bits per heavy atom. The van der Waals surface area contributed by atoms with E-state index in [4.69, 9.17) is 15.5 Å². The number of hydrogen-bond acceptors (Lipinski definition) is 6. The number of aromatic nitrogens is 1. The number of ether oxygens (including phenoxy) is 1. The molecule has 7 heteroatoms. The molecule has 1 unspecified atom stereocenters. The topological polar surface area (TPSA) is 80.8 Å². The van der Waals surface area contributed by atoms with Crippen LogP contribution in [-0.4, -0.2) is 35.0 Å². The summed E-state index contributed by atoms with van der Waals surface area (Å²) in [5, 5.41) is 0. The van der Waals surface area contributed by atoms with E-state index >= 15 is 0 Å². The number of aliphatic imine (C=N–C) groups is 1. The van der Waals surface area contributed by atoms with Crippen LogP contribution in [0.25, 0.3) is 10.4 Å². The van der Waals surface area contributed by atoms with Crippen molar-refractivity contribution >= 4 is 23.2 Å². The highest BCUT2D eigenvalue weighted by molar-refractivity contribution is 7.13. The normalized spacial score (nSPS) is 28.0. The standard InChI is InChI=1S/C27H28N4O2S/c1-33-21-9-11-26(12-10-21)14-20-8-7-19(23-15-29-17-34-23)13-22(20)27(26)24(32)31(25(28)30-27)16-18-5-3-2-4-6-18/h2-8,13,15,17,21H,9-12,14,16H2,1H3,(H2,28,30). The first-order valence-corrected chi connectivity index (χ1v) is 12.7. The number of hydrogen-bond donors (Lipinski definition) is 1. The Morgan fingerprint density at radius 3 is 2.68 bits per heavy atom. The minimum absolute atomic E-state index is 0.00456. The molecule has 174 valence electrons. The molecule has 0 radical (unpaired) electrons. The van der Waals surface area contributed by atoms with Crippen LogP contribution in [0.2, 0.25) is 0 Å². The average molecular weight is 473 g/mol. The molecule has 2 N–H and O–H groups in total. The SMILES string of the molecule is COC1CCC2(CC1)Cc1ccc(-c3cncs3)cc1C21N=C(N)N(Cc2ccccc2)C1=O. The van der Waals surface area contributed by atoms with Crippen LogP contribution in [0.3, 0.4) is 0 Å². The zero-order chi connectivity index (χ0) is 23.3. The van der Waals surface area contributed by atoms with Crippen molar-refractivity contribution in [2.75, 3.05) is 7.11 Å². The van der Waals surface area contributed by atoms with Gasteiger partial charge in [0.05, 0.1) is 23.0 Å².